The van der Waals surface area contributed by atoms with Crippen LogP contribution < -0.4 is 5.73 Å². The molecule has 0 aliphatic carbocycles. The molecule has 3 nitrogen and oxygen atoms in total. The summed E-state index contributed by atoms with van der Waals surface area (Å²) >= 11 is 0. The maximum atomic E-state index is 5.70. The highest BCUT2D eigenvalue weighted by molar-refractivity contribution is 5.80. The lowest BCUT2D eigenvalue weighted by Gasteiger charge is -2.11. The van der Waals surface area contributed by atoms with Crippen molar-refractivity contribution in [3.05, 3.63) is 36.0 Å². The minimum absolute atomic E-state index is 0.463. The van der Waals surface area contributed by atoms with Crippen LogP contribution in [-0.2, 0) is 17.7 Å². The lowest BCUT2D eigenvalue weighted by atomic mass is 10.1. The fourth-order valence-electron chi connectivity index (χ4n) is 2.90. The standard InChI is InChI=1S/C16H22N2O/c17-8-5-13-3-4-14-6-9-18(16(14)12-13)10-7-15-2-1-11-19-15/h3-4,6,9,12,15H,1-2,5,7-8,10-11,17H2. The van der Waals surface area contributed by atoms with Gasteiger partial charge in [0.05, 0.1) is 6.10 Å². The molecule has 2 N–H and O–H groups in total. The Kier molecular flexibility index (Phi) is 3.85. The zero-order chi connectivity index (χ0) is 13.1. The van der Waals surface area contributed by atoms with Gasteiger partial charge < -0.3 is 15.0 Å². The zero-order valence-corrected chi connectivity index (χ0v) is 11.3. The maximum Gasteiger partial charge on any atom is 0.0593 e. The molecule has 0 spiro atoms. The third-order valence-electron chi connectivity index (χ3n) is 3.99. The Balaban J connectivity index is 1.76. The molecule has 0 bridgehead atoms. The van der Waals surface area contributed by atoms with E-state index in [1.165, 1.54) is 29.3 Å². The Labute approximate surface area is 114 Å². The van der Waals surface area contributed by atoms with E-state index in [2.05, 4.69) is 35.0 Å². The van der Waals surface area contributed by atoms with Gasteiger partial charge in [0.2, 0.25) is 0 Å². The van der Waals surface area contributed by atoms with Gasteiger partial charge in [0.15, 0.2) is 0 Å². The number of hydrogen-bond acceptors (Lipinski definition) is 2. The molecule has 0 saturated carbocycles. The molecule has 0 amide bonds. The molecular weight excluding hydrogens is 236 g/mol. The first-order valence-electron chi connectivity index (χ1n) is 7.26. The van der Waals surface area contributed by atoms with Gasteiger partial charge in [-0.25, -0.2) is 0 Å². The molecule has 1 saturated heterocycles. The number of hydrogen-bond donors (Lipinski definition) is 1. The van der Waals surface area contributed by atoms with E-state index in [1.54, 1.807) is 0 Å². The van der Waals surface area contributed by atoms with E-state index in [-0.39, 0.29) is 0 Å². The van der Waals surface area contributed by atoms with Crippen molar-refractivity contribution in [2.75, 3.05) is 13.2 Å². The molecule has 19 heavy (non-hydrogen) atoms. The average molecular weight is 258 g/mol. The SMILES string of the molecule is NCCc1ccc2ccn(CCC3CCCO3)c2c1. The summed E-state index contributed by atoms with van der Waals surface area (Å²) in [5.74, 6) is 0. The number of aromatic nitrogens is 1. The van der Waals surface area contributed by atoms with Crippen LogP contribution in [0.25, 0.3) is 10.9 Å². The summed E-state index contributed by atoms with van der Waals surface area (Å²) in [5, 5.41) is 1.31. The Morgan fingerprint density at radius 2 is 2.26 bits per heavy atom. The van der Waals surface area contributed by atoms with Gasteiger partial charge in [0.1, 0.15) is 0 Å². The first kappa shape index (κ1) is 12.7. The van der Waals surface area contributed by atoms with Crippen molar-refractivity contribution < 1.29 is 4.74 Å². The van der Waals surface area contributed by atoms with E-state index < -0.39 is 0 Å². The quantitative estimate of drug-likeness (QED) is 0.895. The normalized spacial score (nSPS) is 19.3. The fourth-order valence-corrected chi connectivity index (χ4v) is 2.90. The second-order valence-corrected chi connectivity index (χ2v) is 5.36. The Morgan fingerprint density at radius 3 is 3.05 bits per heavy atom. The predicted octanol–water partition coefficient (Wildman–Crippen LogP) is 2.71. The highest BCUT2D eigenvalue weighted by atomic mass is 16.5. The van der Waals surface area contributed by atoms with E-state index in [4.69, 9.17) is 10.5 Å². The van der Waals surface area contributed by atoms with Crippen LogP contribution in [0.15, 0.2) is 30.5 Å². The monoisotopic (exact) mass is 258 g/mol. The molecule has 3 heteroatoms. The molecule has 1 aromatic carbocycles. The minimum Gasteiger partial charge on any atom is -0.378 e. The first-order valence-corrected chi connectivity index (χ1v) is 7.26. The smallest absolute Gasteiger partial charge is 0.0593 e. The van der Waals surface area contributed by atoms with Crippen molar-refractivity contribution in [3.63, 3.8) is 0 Å². The molecule has 1 fully saturated rings. The Hall–Kier alpha value is -1.32. The summed E-state index contributed by atoms with van der Waals surface area (Å²) in [4.78, 5) is 0. The summed E-state index contributed by atoms with van der Waals surface area (Å²) < 4.78 is 8.04. The fraction of sp³-hybridized carbons (Fsp3) is 0.500. The lowest BCUT2D eigenvalue weighted by Crippen LogP contribution is -2.09. The summed E-state index contributed by atoms with van der Waals surface area (Å²) in [6.45, 7) is 2.69. The number of nitrogens with two attached hydrogens (primary N) is 1. The van der Waals surface area contributed by atoms with Crippen molar-refractivity contribution >= 4 is 10.9 Å². The van der Waals surface area contributed by atoms with Crippen LogP contribution in [0.3, 0.4) is 0 Å². The molecular formula is C16H22N2O. The molecule has 102 valence electrons. The van der Waals surface area contributed by atoms with Gasteiger partial charge in [0, 0.05) is 24.9 Å². The van der Waals surface area contributed by atoms with Gasteiger partial charge >= 0.3 is 0 Å². The van der Waals surface area contributed by atoms with Crippen molar-refractivity contribution in [2.45, 2.75) is 38.3 Å². The van der Waals surface area contributed by atoms with Crippen LogP contribution in [0.5, 0.6) is 0 Å². The number of aryl methyl sites for hydroxylation is 1. The second-order valence-electron chi connectivity index (χ2n) is 5.36. The van der Waals surface area contributed by atoms with Crippen LogP contribution in [0, 0.1) is 0 Å². The van der Waals surface area contributed by atoms with Gasteiger partial charge in [-0.15, -0.1) is 0 Å². The molecule has 1 aliphatic rings. The summed E-state index contributed by atoms with van der Waals surface area (Å²) in [5.41, 5.74) is 8.29. The topological polar surface area (TPSA) is 40.2 Å². The highest BCUT2D eigenvalue weighted by Gasteiger charge is 2.15. The van der Waals surface area contributed by atoms with Crippen LogP contribution in [0.1, 0.15) is 24.8 Å². The van der Waals surface area contributed by atoms with Gasteiger partial charge in [-0.05, 0) is 55.3 Å². The largest absolute Gasteiger partial charge is 0.378 e. The van der Waals surface area contributed by atoms with E-state index in [0.717, 1.165) is 26.0 Å². The number of nitrogens with zero attached hydrogens (tertiary/aromatic N) is 1. The van der Waals surface area contributed by atoms with E-state index in [9.17, 15) is 0 Å². The Bertz CT molecular complexity index is 541. The first-order chi connectivity index (χ1) is 9.36. The molecule has 1 atom stereocenters. The molecule has 2 heterocycles. The second kappa shape index (κ2) is 5.76. The van der Waals surface area contributed by atoms with Crippen molar-refractivity contribution in [1.29, 1.82) is 0 Å². The maximum absolute atomic E-state index is 5.70. The van der Waals surface area contributed by atoms with E-state index in [0.29, 0.717) is 12.6 Å². The third kappa shape index (κ3) is 2.82. The van der Waals surface area contributed by atoms with Gasteiger partial charge in [0.25, 0.3) is 0 Å². The summed E-state index contributed by atoms with van der Waals surface area (Å²) in [7, 11) is 0. The van der Waals surface area contributed by atoms with Crippen molar-refractivity contribution in [2.24, 2.45) is 5.73 Å². The Morgan fingerprint density at radius 1 is 1.32 bits per heavy atom. The molecule has 2 aromatic rings. The number of benzene rings is 1. The minimum atomic E-state index is 0.463. The molecule has 1 aliphatic heterocycles. The van der Waals surface area contributed by atoms with Crippen molar-refractivity contribution in [1.82, 2.24) is 4.57 Å². The highest BCUT2D eigenvalue weighted by Crippen LogP contribution is 2.21. The van der Waals surface area contributed by atoms with Crippen LogP contribution in [0.2, 0.25) is 0 Å². The molecule has 1 unspecified atom stereocenters. The predicted molar refractivity (Wildman–Crippen MR) is 78.3 cm³/mol. The third-order valence-corrected chi connectivity index (χ3v) is 3.99. The number of fused-ring (bicyclic) bond motifs is 1. The average Bonchev–Trinajstić information content (AvgIpc) is 3.05. The van der Waals surface area contributed by atoms with E-state index >= 15 is 0 Å². The number of ether oxygens (including phenoxy) is 1. The summed E-state index contributed by atoms with van der Waals surface area (Å²) in [6, 6.07) is 8.84. The summed E-state index contributed by atoms with van der Waals surface area (Å²) in [6.07, 6.45) is 7.16. The lowest BCUT2D eigenvalue weighted by molar-refractivity contribution is 0.101. The van der Waals surface area contributed by atoms with Crippen molar-refractivity contribution in [3.8, 4) is 0 Å². The van der Waals surface area contributed by atoms with Crippen LogP contribution in [0.4, 0.5) is 0 Å². The van der Waals surface area contributed by atoms with Crippen LogP contribution in [-0.4, -0.2) is 23.8 Å². The van der Waals surface area contributed by atoms with Crippen LogP contribution >= 0.6 is 0 Å². The zero-order valence-electron chi connectivity index (χ0n) is 11.3. The van der Waals surface area contributed by atoms with E-state index in [1.807, 2.05) is 0 Å². The number of rotatable bonds is 5. The van der Waals surface area contributed by atoms with Gasteiger partial charge in [-0.2, -0.15) is 0 Å². The molecule has 3 rings (SSSR count). The van der Waals surface area contributed by atoms with Gasteiger partial charge in [-0.3, -0.25) is 0 Å². The van der Waals surface area contributed by atoms with Gasteiger partial charge in [-0.1, -0.05) is 12.1 Å². The molecule has 1 aromatic heterocycles. The molecule has 0 radical (unpaired) electrons.